The molecular formula is C30H24F5NO2. The van der Waals surface area contributed by atoms with E-state index in [4.69, 9.17) is 0 Å². The van der Waals surface area contributed by atoms with Gasteiger partial charge in [0.2, 0.25) is 0 Å². The Morgan fingerprint density at radius 1 is 0.421 bits per heavy atom. The molecular weight excluding hydrogens is 501 g/mol. The highest BCUT2D eigenvalue weighted by atomic mass is 19.2. The summed E-state index contributed by atoms with van der Waals surface area (Å²) in [5, 5.41) is 10.0. The lowest BCUT2D eigenvalue weighted by atomic mass is 10.3. The number of nitrogens with zero attached hydrogens (tertiary/aromatic N) is 1. The summed E-state index contributed by atoms with van der Waals surface area (Å²) < 4.78 is 59.6. The minimum absolute atomic E-state index is 0.137. The van der Waals surface area contributed by atoms with Crippen molar-refractivity contribution in [1.29, 1.82) is 0 Å². The quantitative estimate of drug-likeness (QED) is 0.124. The highest BCUT2D eigenvalue weighted by Gasteiger charge is 1.98. The molecule has 0 saturated carbocycles. The van der Waals surface area contributed by atoms with Gasteiger partial charge in [-0.3, -0.25) is 10.1 Å². The van der Waals surface area contributed by atoms with E-state index in [0.717, 1.165) is 18.2 Å². The normalized spacial score (nSPS) is 8.87. The fraction of sp³-hybridized carbons (Fsp3) is 0. The number of non-ortho nitro benzene ring substituents is 1. The van der Waals surface area contributed by atoms with Gasteiger partial charge in [-0.15, -0.1) is 0 Å². The Labute approximate surface area is 217 Å². The minimum atomic E-state index is -0.799. The number of nitro benzene ring substituents is 1. The van der Waals surface area contributed by atoms with E-state index in [1.54, 1.807) is 36.4 Å². The van der Waals surface area contributed by atoms with Gasteiger partial charge in [0, 0.05) is 18.2 Å². The van der Waals surface area contributed by atoms with Gasteiger partial charge in [-0.25, -0.2) is 22.0 Å². The Balaban J connectivity index is 0.000000239. The molecule has 0 aromatic heterocycles. The van der Waals surface area contributed by atoms with Crippen molar-refractivity contribution in [3.63, 3.8) is 0 Å². The zero-order valence-electron chi connectivity index (χ0n) is 20.0. The smallest absolute Gasteiger partial charge is 0.258 e. The second kappa shape index (κ2) is 19.4. The first kappa shape index (κ1) is 31.2. The van der Waals surface area contributed by atoms with Crippen LogP contribution in [0.5, 0.6) is 0 Å². The summed E-state index contributed by atoms with van der Waals surface area (Å²) in [7, 11) is 0. The lowest BCUT2D eigenvalue weighted by Gasteiger charge is -1.85. The topological polar surface area (TPSA) is 43.1 Å². The van der Waals surface area contributed by atoms with Gasteiger partial charge in [-0.2, -0.15) is 0 Å². The molecule has 3 nitrogen and oxygen atoms in total. The van der Waals surface area contributed by atoms with Crippen molar-refractivity contribution in [2.75, 3.05) is 0 Å². The van der Waals surface area contributed by atoms with Gasteiger partial charge < -0.3 is 0 Å². The molecule has 0 N–H and O–H groups in total. The first-order valence-corrected chi connectivity index (χ1v) is 11.0. The van der Waals surface area contributed by atoms with Gasteiger partial charge >= 0.3 is 0 Å². The molecule has 8 heteroatoms. The highest BCUT2D eigenvalue weighted by molar-refractivity contribution is 5.28. The number of para-hydroxylation sites is 1. The Kier molecular flexibility index (Phi) is 15.9. The first-order valence-electron chi connectivity index (χ1n) is 11.0. The molecule has 0 spiro atoms. The second-order valence-corrected chi connectivity index (χ2v) is 6.90. The van der Waals surface area contributed by atoms with Crippen LogP contribution in [0.4, 0.5) is 27.6 Å². The maximum absolute atomic E-state index is 11.9. The van der Waals surface area contributed by atoms with Gasteiger partial charge in [0.15, 0.2) is 11.6 Å². The third-order valence-corrected chi connectivity index (χ3v) is 3.98. The summed E-state index contributed by atoms with van der Waals surface area (Å²) in [4.78, 5) is 9.59. The number of hydrogen-bond donors (Lipinski definition) is 0. The van der Waals surface area contributed by atoms with E-state index in [2.05, 4.69) is 0 Å². The molecule has 0 bridgehead atoms. The minimum Gasteiger partial charge on any atom is -0.258 e. The van der Waals surface area contributed by atoms with Gasteiger partial charge in [-0.05, 0) is 36.4 Å². The van der Waals surface area contributed by atoms with Crippen LogP contribution in [0.2, 0.25) is 0 Å². The van der Waals surface area contributed by atoms with E-state index in [0.29, 0.717) is 0 Å². The molecule has 38 heavy (non-hydrogen) atoms. The van der Waals surface area contributed by atoms with Gasteiger partial charge in [0.25, 0.3) is 5.69 Å². The van der Waals surface area contributed by atoms with Crippen LogP contribution >= 0.6 is 0 Å². The Bertz CT molecular complexity index is 1230. The molecule has 5 aromatic carbocycles. The molecule has 5 rings (SSSR count). The lowest BCUT2D eigenvalue weighted by Crippen LogP contribution is -1.84. The predicted octanol–water partition coefficient (Wildman–Crippen LogP) is 9.04. The van der Waals surface area contributed by atoms with Crippen LogP contribution in [-0.2, 0) is 0 Å². The molecule has 0 unspecified atom stereocenters. The average Bonchev–Trinajstić information content (AvgIpc) is 2.94. The predicted molar refractivity (Wildman–Crippen MR) is 139 cm³/mol. The van der Waals surface area contributed by atoms with Crippen molar-refractivity contribution in [2.24, 2.45) is 0 Å². The maximum atomic E-state index is 11.9. The van der Waals surface area contributed by atoms with E-state index in [-0.39, 0.29) is 11.5 Å². The zero-order chi connectivity index (χ0) is 28.0. The molecule has 5 aromatic rings. The van der Waals surface area contributed by atoms with E-state index in [1.807, 2.05) is 36.4 Å². The molecule has 0 aliphatic carbocycles. The summed E-state index contributed by atoms with van der Waals surface area (Å²) in [6, 6.07) is 37.5. The SMILES string of the molecule is Fc1cccc(F)c1.Fc1ccccc1.Fc1ccccc1F.O=[N+]([O-])c1ccccc1.c1ccccc1. The van der Waals surface area contributed by atoms with Crippen molar-refractivity contribution in [1.82, 2.24) is 0 Å². The standard InChI is InChI=1S/2C6H4F2.C6H5F.C6H5NO2.C6H6/c7-5-2-1-3-6(8)4-5;7-5-3-1-2-4-6(5)8;7-6-4-2-1-3-5-6;8-7(9)6-4-2-1-3-5-6;1-2-4-6-5-3-1/h2*1-4H;1-5H;1-5H;1-6H. The maximum Gasteiger partial charge on any atom is 0.269 e. The number of benzene rings is 5. The lowest BCUT2D eigenvalue weighted by molar-refractivity contribution is -0.384. The summed E-state index contributed by atoms with van der Waals surface area (Å²) in [5.74, 6) is -2.85. The molecule has 0 radical (unpaired) electrons. The third-order valence-electron chi connectivity index (χ3n) is 3.98. The summed E-state index contributed by atoms with van der Waals surface area (Å²) >= 11 is 0. The molecule has 0 fully saturated rings. The molecule has 0 aliphatic heterocycles. The van der Waals surface area contributed by atoms with Crippen molar-refractivity contribution in [3.8, 4) is 0 Å². The number of rotatable bonds is 1. The van der Waals surface area contributed by atoms with Crippen LogP contribution in [0.25, 0.3) is 0 Å². The largest absolute Gasteiger partial charge is 0.269 e. The van der Waals surface area contributed by atoms with Crippen molar-refractivity contribution in [2.45, 2.75) is 0 Å². The van der Waals surface area contributed by atoms with Gasteiger partial charge in [0.1, 0.15) is 17.5 Å². The number of halogens is 5. The first-order chi connectivity index (χ1) is 18.3. The average molecular weight is 526 g/mol. The number of hydrogen-bond acceptors (Lipinski definition) is 2. The fourth-order valence-corrected chi connectivity index (χ4v) is 2.25. The van der Waals surface area contributed by atoms with Crippen LogP contribution in [0, 0.1) is 39.2 Å². The van der Waals surface area contributed by atoms with Crippen LogP contribution < -0.4 is 0 Å². The Hall–Kier alpha value is -4.85. The van der Waals surface area contributed by atoms with E-state index < -0.39 is 28.2 Å². The highest BCUT2D eigenvalue weighted by Crippen LogP contribution is 2.07. The Morgan fingerprint density at radius 3 is 0.974 bits per heavy atom. The van der Waals surface area contributed by atoms with Crippen molar-refractivity contribution < 1.29 is 26.9 Å². The molecule has 0 amide bonds. The second-order valence-electron chi connectivity index (χ2n) is 6.90. The summed E-state index contributed by atoms with van der Waals surface area (Å²) in [6.45, 7) is 0. The van der Waals surface area contributed by atoms with Gasteiger partial charge in [-0.1, -0.05) is 91.0 Å². The molecule has 0 aliphatic rings. The third kappa shape index (κ3) is 15.9. The zero-order valence-corrected chi connectivity index (χ0v) is 20.0. The van der Waals surface area contributed by atoms with Crippen molar-refractivity contribution >= 4 is 5.69 Å². The fourth-order valence-electron chi connectivity index (χ4n) is 2.25. The molecule has 0 heterocycles. The van der Waals surface area contributed by atoms with Crippen LogP contribution in [0.3, 0.4) is 0 Å². The molecule has 0 atom stereocenters. The number of nitro groups is 1. The van der Waals surface area contributed by atoms with E-state index in [9.17, 15) is 32.1 Å². The van der Waals surface area contributed by atoms with Gasteiger partial charge in [0.05, 0.1) is 4.92 Å². The Morgan fingerprint density at radius 2 is 0.737 bits per heavy atom. The summed E-state index contributed by atoms with van der Waals surface area (Å²) in [5.41, 5.74) is 0.137. The van der Waals surface area contributed by atoms with Crippen LogP contribution in [0.15, 0.2) is 146 Å². The van der Waals surface area contributed by atoms with E-state index >= 15 is 0 Å². The van der Waals surface area contributed by atoms with Crippen LogP contribution in [0.1, 0.15) is 0 Å². The summed E-state index contributed by atoms with van der Waals surface area (Å²) in [6.07, 6.45) is 0. The molecule has 0 saturated heterocycles. The van der Waals surface area contributed by atoms with E-state index in [1.165, 1.54) is 54.6 Å². The monoisotopic (exact) mass is 525 g/mol. The van der Waals surface area contributed by atoms with Crippen molar-refractivity contribution in [3.05, 3.63) is 185 Å². The molecule has 196 valence electrons. The van der Waals surface area contributed by atoms with Crippen LogP contribution in [-0.4, -0.2) is 4.92 Å².